The number of hydrogen-bond acceptors (Lipinski definition) is 5. The number of anilines is 1. The predicted molar refractivity (Wildman–Crippen MR) is 97.0 cm³/mol. The number of nitro groups is 1. The van der Waals surface area contributed by atoms with Crippen LogP contribution < -0.4 is 5.32 Å². The van der Waals surface area contributed by atoms with Crippen molar-refractivity contribution in [1.29, 1.82) is 0 Å². The molecule has 3 N–H and O–H groups in total. The van der Waals surface area contributed by atoms with Crippen molar-refractivity contribution in [1.82, 2.24) is 10.2 Å². The number of aromatic nitrogens is 2. The van der Waals surface area contributed by atoms with Crippen LogP contribution in [0.3, 0.4) is 0 Å². The standard InChI is InChI=1S/C17H11ClN4O5/c18-11-5-1-3-9(7-11)13-14(15(17(24)25)21-20-13)19-16(23)10-4-2-6-12(8-10)22(26)27/h1-8H,(H,19,23)(H,20,21)(H,24,25). The summed E-state index contributed by atoms with van der Waals surface area (Å²) >= 11 is 5.96. The van der Waals surface area contributed by atoms with Gasteiger partial charge in [-0.3, -0.25) is 20.0 Å². The summed E-state index contributed by atoms with van der Waals surface area (Å²) < 4.78 is 0. The van der Waals surface area contributed by atoms with Crippen LogP contribution in [0, 0.1) is 10.1 Å². The Kier molecular flexibility index (Phi) is 4.86. The van der Waals surface area contributed by atoms with E-state index in [9.17, 15) is 24.8 Å². The average Bonchev–Trinajstić information content (AvgIpc) is 3.05. The fourth-order valence-electron chi connectivity index (χ4n) is 2.41. The maximum atomic E-state index is 12.5. The molecule has 0 bridgehead atoms. The molecular formula is C17H11ClN4O5. The fourth-order valence-corrected chi connectivity index (χ4v) is 2.60. The van der Waals surface area contributed by atoms with Gasteiger partial charge in [0.25, 0.3) is 11.6 Å². The fraction of sp³-hybridized carbons (Fsp3) is 0. The molecule has 2 aromatic carbocycles. The Morgan fingerprint density at radius 1 is 1.19 bits per heavy atom. The first kappa shape index (κ1) is 18.1. The number of halogens is 1. The Hall–Kier alpha value is -3.72. The summed E-state index contributed by atoms with van der Waals surface area (Å²) in [6, 6.07) is 11.6. The molecule has 0 aliphatic heterocycles. The molecule has 1 heterocycles. The molecule has 0 aliphatic carbocycles. The molecule has 1 aromatic heterocycles. The van der Waals surface area contributed by atoms with Gasteiger partial charge in [0.1, 0.15) is 11.4 Å². The van der Waals surface area contributed by atoms with Crippen LogP contribution in [0.2, 0.25) is 5.02 Å². The number of hydrogen-bond donors (Lipinski definition) is 3. The van der Waals surface area contributed by atoms with Crippen LogP contribution >= 0.6 is 11.6 Å². The minimum Gasteiger partial charge on any atom is -0.476 e. The van der Waals surface area contributed by atoms with Gasteiger partial charge >= 0.3 is 5.97 Å². The van der Waals surface area contributed by atoms with E-state index in [1.165, 1.54) is 18.2 Å². The smallest absolute Gasteiger partial charge is 0.356 e. The van der Waals surface area contributed by atoms with E-state index in [1.54, 1.807) is 24.3 Å². The lowest BCUT2D eigenvalue weighted by atomic mass is 10.1. The average molecular weight is 387 g/mol. The second kappa shape index (κ2) is 7.26. The number of nitrogens with one attached hydrogen (secondary N) is 2. The van der Waals surface area contributed by atoms with E-state index < -0.39 is 16.8 Å². The second-order valence-electron chi connectivity index (χ2n) is 5.40. The zero-order chi connectivity index (χ0) is 19.6. The van der Waals surface area contributed by atoms with Crippen LogP contribution in [0.5, 0.6) is 0 Å². The van der Waals surface area contributed by atoms with Gasteiger partial charge in [-0.05, 0) is 18.2 Å². The van der Waals surface area contributed by atoms with E-state index in [4.69, 9.17) is 11.6 Å². The normalized spacial score (nSPS) is 10.4. The molecule has 1 amide bonds. The van der Waals surface area contributed by atoms with E-state index in [1.807, 2.05) is 0 Å². The number of carbonyl (C=O) groups excluding carboxylic acids is 1. The number of carboxylic acid groups (broad SMARTS) is 1. The number of aromatic carboxylic acids is 1. The van der Waals surface area contributed by atoms with Gasteiger partial charge in [-0.15, -0.1) is 0 Å². The Labute approximate surface area is 156 Å². The first-order valence-corrected chi connectivity index (χ1v) is 7.88. The van der Waals surface area contributed by atoms with Crippen LogP contribution in [0.25, 0.3) is 11.3 Å². The van der Waals surface area contributed by atoms with Crippen LogP contribution in [0.15, 0.2) is 48.5 Å². The molecule has 3 aromatic rings. The van der Waals surface area contributed by atoms with Crippen molar-refractivity contribution < 1.29 is 19.6 Å². The zero-order valence-electron chi connectivity index (χ0n) is 13.5. The van der Waals surface area contributed by atoms with E-state index in [0.29, 0.717) is 10.6 Å². The van der Waals surface area contributed by atoms with Crippen molar-refractivity contribution in [2.24, 2.45) is 0 Å². The topological polar surface area (TPSA) is 138 Å². The van der Waals surface area contributed by atoms with Crippen LogP contribution in [0.1, 0.15) is 20.8 Å². The first-order valence-electron chi connectivity index (χ1n) is 7.50. The molecule has 9 nitrogen and oxygen atoms in total. The molecule has 0 unspecified atom stereocenters. The Morgan fingerprint density at radius 3 is 2.59 bits per heavy atom. The lowest BCUT2D eigenvalue weighted by Gasteiger charge is -2.07. The molecule has 0 radical (unpaired) electrons. The molecule has 0 fully saturated rings. The zero-order valence-corrected chi connectivity index (χ0v) is 14.2. The van der Waals surface area contributed by atoms with Gasteiger partial charge in [0.05, 0.1) is 4.92 Å². The van der Waals surface area contributed by atoms with Gasteiger partial charge in [-0.2, -0.15) is 5.10 Å². The molecule has 10 heteroatoms. The summed E-state index contributed by atoms with van der Waals surface area (Å²) in [7, 11) is 0. The summed E-state index contributed by atoms with van der Waals surface area (Å²) in [6.07, 6.45) is 0. The lowest BCUT2D eigenvalue weighted by Crippen LogP contribution is -2.15. The number of non-ortho nitro benzene ring substituents is 1. The van der Waals surface area contributed by atoms with Crippen LogP contribution in [-0.2, 0) is 0 Å². The van der Waals surface area contributed by atoms with E-state index in [-0.39, 0.29) is 28.3 Å². The highest BCUT2D eigenvalue weighted by molar-refractivity contribution is 6.30. The number of benzene rings is 2. The van der Waals surface area contributed by atoms with Crippen molar-refractivity contribution in [3.05, 3.63) is 74.9 Å². The van der Waals surface area contributed by atoms with E-state index in [0.717, 1.165) is 6.07 Å². The molecule has 27 heavy (non-hydrogen) atoms. The summed E-state index contributed by atoms with van der Waals surface area (Å²) in [5, 5.41) is 29.4. The van der Waals surface area contributed by atoms with Crippen molar-refractivity contribution in [3.8, 4) is 11.3 Å². The number of nitro benzene ring substituents is 1. The number of carboxylic acids is 1. The number of aromatic amines is 1. The van der Waals surface area contributed by atoms with E-state index in [2.05, 4.69) is 15.5 Å². The largest absolute Gasteiger partial charge is 0.476 e. The molecule has 0 aliphatic rings. The summed E-state index contributed by atoms with van der Waals surface area (Å²) in [5.41, 5.74) is 0.00134. The van der Waals surface area contributed by atoms with Crippen molar-refractivity contribution in [2.75, 3.05) is 5.32 Å². The summed E-state index contributed by atoms with van der Waals surface area (Å²) in [5.74, 6) is -2.05. The SMILES string of the molecule is O=C(Nc1c(-c2cccc(Cl)c2)n[nH]c1C(=O)O)c1cccc([N+](=O)[O-])c1. The molecule has 0 saturated heterocycles. The number of amides is 1. The van der Waals surface area contributed by atoms with Gasteiger partial charge in [-0.1, -0.05) is 29.8 Å². The molecular weight excluding hydrogens is 376 g/mol. The molecule has 0 saturated carbocycles. The number of H-pyrrole nitrogens is 1. The van der Waals surface area contributed by atoms with Gasteiger partial charge in [0.2, 0.25) is 0 Å². The third-order valence-electron chi connectivity index (χ3n) is 3.64. The highest BCUT2D eigenvalue weighted by Gasteiger charge is 2.23. The van der Waals surface area contributed by atoms with Crippen molar-refractivity contribution in [2.45, 2.75) is 0 Å². The minimum atomic E-state index is -1.33. The number of carbonyl (C=O) groups is 2. The van der Waals surface area contributed by atoms with Gasteiger partial charge in [0, 0.05) is 28.3 Å². The summed E-state index contributed by atoms with van der Waals surface area (Å²) in [4.78, 5) is 34.2. The molecule has 3 rings (SSSR count). The maximum Gasteiger partial charge on any atom is 0.356 e. The molecule has 136 valence electrons. The van der Waals surface area contributed by atoms with Crippen LogP contribution in [-0.4, -0.2) is 32.1 Å². The quantitative estimate of drug-likeness (QED) is 0.452. The summed E-state index contributed by atoms with van der Waals surface area (Å²) in [6.45, 7) is 0. The van der Waals surface area contributed by atoms with Crippen molar-refractivity contribution >= 4 is 34.9 Å². The molecule has 0 atom stereocenters. The maximum absolute atomic E-state index is 12.5. The molecule has 0 spiro atoms. The van der Waals surface area contributed by atoms with E-state index >= 15 is 0 Å². The number of rotatable bonds is 5. The minimum absolute atomic E-state index is 0.00113. The second-order valence-corrected chi connectivity index (χ2v) is 5.84. The predicted octanol–water partition coefficient (Wildman–Crippen LogP) is 3.59. The highest BCUT2D eigenvalue weighted by atomic mass is 35.5. The Bertz CT molecular complexity index is 1060. The first-order chi connectivity index (χ1) is 12.9. The monoisotopic (exact) mass is 386 g/mol. The third-order valence-corrected chi connectivity index (χ3v) is 3.87. The van der Waals surface area contributed by atoms with Gasteiger partial charge in [-0.25, -0.2) is 4.79 Å². The Balaban J connectivity index is 2.02. The highest BCUT2D eigenvalue weighted by Crippen LogP contribution is 2.31. The van der Waals surface area contributed by atoms with Gasteiger partial charge < -0.3 is 10.4 Å². The number of nitrogens with zero attached hydrogens (tertiary/aromatic N) is 2. The lowest BCUT2D eigenvalue weighted by molar-refractivity contribution is -0.384. The third kappa shape index (κ3) is 3.77. The van der Waals surface area contributed by atoms with Crippen molar-refractivity contribution in [3.63, 3.8) is 0 Å². The van der Waals surface area contributed by atoms with Crippen LogP contribution in [0.4, 0.5) is 11.4 Å². The Morgan fingerprint density at radius 2 is 1.93 bits per heavy atom. The van der Waals surface area contributed by atoms with Gasteiger partial charge in [0.15, 0.2) is 5.69 Å².